The summed E-state index contributed by atoms with van der Waals surface area (Å²) < 4.78 is 15.5. The van der Waals surface area contributed by atoms with E-state index in [0.717, 1.165) is 21.8 Å². The van der Waals surface area contributed by atoms with Gasteiger partial charge in [-0.25, -0.2) is 9.78 Å². The SMILES string of the molecule is COC(=O)c1cc2c([nH]c3ccccc32)c(C2C=CC(=COC(C)=O)O2)n1. The average Bonchev–Trinajstić information content (AvgIpc) is 3.29. The molecule has 3 heterocycles. The van der Waals surface area contributed by atoms with Crippen molar-refractivity contribution in [3.63, 3.8) is 0 Å². The van der Waals surface area contributed by atoms with E-state index < -0.39 is 18.0 Å². The molecular formula is C20H16N2O5. The smallest absolute Gasteiger partial charge is 0.356 e. The van der Waals surface area contributed by atoms with Crippen molar-refractivity contribution in [1.82, 2.24) is 9.97 Å². The van der Waals surface area contributed by atoms with Gasteiger partial charge in [-0.15, -0.1) is 0 Å². The van der Waals surface area contributed by atoms with Gasteiger partial charge in [0.2, 0.25) is 0 Å². The van der Waals surface area contributed by atoms with Gasteiger partial charge in [0.1, 0.15) is 17.6 Å². The number of rotatable bonds is 3. The van der Waals surface area contributed by atoms with Crippen LogP contribution in [0.2, 0.25) is 0 Å². The van der Waals surface area contributed by atoms with Crippen LogP contribution in [0.25, 0.3) is 21.8 Å². The predicted molar refractivity (Wildman–Crippen MR) is 97.8 cm³/mol. The van der Waals surface area contributed by atoms with Gasteiger partial charge in [-0.1, -0.05) is 18.2 Å². The lowest BCUT2D eigenvalue weighted by atomic mass is 10.1. The number of hydrogen-bond acceptors (Lipinski definition) is 6. The fraction of sp³-hybridized carbons (Fsp3) is 0.150. The molecule has 2 aromatic heterocycles. The second-order valence-electron chi connectivity index (χ2n) is 6.00. The summed E-state index contributed by atoms with van der Waals surface area (Å²) in [5.74, 6) is -0.572. The maximum Gasteiger partial charge on any atom is 0.356 e. The van der Waals surface area contributed by atoms with Crippen LogP contribution in [0.3, 0.4) is 0 Å². The van der Waals surface area contributed by atoms with Crippen LogP contribution in [-0.4, -0.2) is 29.0 Å². The lowest BCUT2D eigenvalue weighted by Crippen LogP contribution is -2.09. The van der Waals surface area contributed by atoms with Crippen LogP contribution in [0.15, 0.2) is 54.5 Å². The van der Waals surface area contributed by atoms with E-state index in [9.17, 15) is 9.59 Å². The molecule has 1 unspecified atom stereocenters. The van der Waals surface area contributed by atoms with Gasteiger partial charge in [0.25, 0.3) is 0 Å². The molecule has 3 aromatic rings. The number of para-hydroxylation sites is 1. The number of H-pyrrole nitrogens is 1. The minimum absolute atomic E-state index is 0.194. The van der Waals surface area contributed by atoms with Crippen LogP contribution in [0.4, 0.5) is 0 Å². The number of allylic oxidation sites excluding steroid dienone is 1. The Hall–Kier alpha value is -3.61. The predicted octanol–water partition coefficient (Wildman–Crippen LogP) is 3.53. The minimum Gasteiger partial charge on any atom is -0.477 e. The minimum atomic E-state index is -0.535. The molecule has 1 atom stereocenters. The number of pyridine rings is 1. The van der Waals surface area contributed by atoms with Crippen LogP contribution >= 0.6 is 0 Å². The summed E-state index contributed by atoms with van der Waals surface area (Å²) in [4.78, 5) is 30.9. The Bertz CT molecular complexity index is 1130. The Morgan fingerprint density at radius 2 is 2.07 bits per heavy atom. The number of methoxy groups -OCH3 is 1. The zero-order chi connectivity index (χ0) is 19.0. The molecule has 27 heavy (non-hydrogen) atoms. The molecule has 0 radical (unpaired) electrons. The third-order valence-electron chi connectivity index (χ3n) is 4.23. The van der Waals surface area contributed by atoms with Crippen molar-refractivity contribution in [2.75, 3.05) is 7.11 Å². The van der Waals surface area contributed by atoms with Gasteiger partial charge in [-0.3, -0.25) is 4.79 Å². The summed E-state index contributed by atoms with van der Waals surface area (Å²) >= 11 is 0. The zero-order valence-electron chi connectivity index (χ0n) is 14.7. The molecule has 0 bridgehead atoms. The summed E-state index contributed by atoms with van der Waals surface area (Å²) in [7, 11) is 1.31. The molecule has 1 aromatic carbocycles. The molecule has 0 amide bonds. The first kappa shape index (κ1) is 16.8. The number of aromatic nitrogens is 2. The summed E-state index contributed by atoms with van der Waals surface area (Å²) in [6, 6.07) is 9.49. The summed E-state index contributed by atoms with van der Waals surface area (Å²) in [5.41, 5.74) is 2.44. The quantitative estimate of drug-likeness (QED) is 0.565. The van der Waals surface area contributed by atoms with Crippen LogP contribution in [0.5, 0.6) is 0 Å². The molecule has 0 aliphatic carbocycles. The Labute approximate surface area is 154 Å². The molecule has 136 valence electrons. The van der Waals surface area contributed by atoms with Crippen LogP contribution < -0.4 is 0 Å². The number of nitrogens with one attached hydrogen (secondary N) is 1. The molecule has 7 nitrogen and oxygen atoms in total. The number of esters is 2. The third kappa shape index (κ3) is 3.03. The van der Waals surface area contributed by atoms with Crippen molar-refractivity contribution >= 4 is 33.7 Å². The zero-order valence-corrected chi connectivity index (χ0v) is 14.7. The van der Waals surface area contributed by atoms with E-state index in [2.05, 4.69) is 9.97 Å². The summed E-state index contributed by atoms with van der Waals surface area (Å²) in [6.07, 6.45) is 4.18. The van der Waals surface area contributed by atoms with Crippen LogP contribution in [0.1, 0.15) is 29.2 Å². The summed E-state index contributed by atoms with van der Waals surface area (Å²) in [5, 5.41) is 1.82. The van der Waals surface area contributed by atoms with Gasteiger partial charge in [-0.05, 0) is 24.3 Å². The lowest BCUT2D eigenvalue weighted by molar-refractivity contribution is -0.135. The number of ether oxygens (including phenoxy) is 3. The van der Waals surface area contributed by atoms with E-state index >= 15 is 0 Å². The van der Waals surface area contributed by atoms with Crippen molar-refractivity contribution in [2.24, 2.45) is 0 Å². The first-order chi connectivity index (χ1) is 13.1. The van der Waals surface area contributed by atoms with E-state index in [4.69, 9.17) is 14.2 Å². The molecule has 0 saturated carbocycles. The van der Waals surface area contributed by atoms with Crippen molar-refractivity contribution in [1.29, 1.82) is 0 Å². The summed E-state index contributed by atoms with van der Waals surface area (Å²) in [6.45, 7) is 1.31. The van der Waals surface area contributed by atoms with E-state index in [0.29, 0.717) is 11.5 Å². The normalized spacial score (nSPS) is 17.4. The standard InChI is InChI=1S/C20H16N2O5/c1-11(23)26-10-12-7-8-17(27-12)19-18-14(9-16(22-19)20(24)25-2)13-5-3-4-6-15(13)21-18/h3-10,17,21H,1-2H3. The average molecular weight is 364 g/mol. The number of benzene rings is 1. The van der Waals surface area contributed by atoms with Crippen molar-refractivity contribution in [2.45, 2.75) is 13.0 Å². The van der Waals surface area contributed by atoms with Gasteiger partial charge in [-0.2, -0.15) is 0 Å². The van der Waals surface area contributed by atoms with E-state index in [1.807, 2.05) is 24.3 Å². The van der Waals surface area contributed by atoms with Gasteiger partial charge in [0.05, 0.1) is 12.6 Å². The molecule has 4 rings (SSSR count). The fourth-order valence-corrected chi connectivity index (χ4v) is 3.05. The van der Waals surface area contributed by atoms with Crippen molar-refractivity contribution in [3.8, 4) is 0 Å². The fourth-order valence-electron chi connectivity index (χ4n) is 3.05. The lowest BCUT2D eigenvalue weighted by Gasteiger charge is -2.12. The van der Waals surface area contributed by atoms with Gasteiger partial charge < -0.3 is 19.2 Å². The monoisotopic (exact) mass is 364 g/mol. The third-order valence-corrected chi connectivity index (χ3v) is 4.23. The van der Waals surface area contributed by atoms with Crippen LogP contribution in [0, 0.1) is 0 Å². The Kier molecular flexibility index (Phi) is 4.12. The molecule has 1 aliphatic heterocycles. The highest BCUT2D eigenvalue weighted by atomic mass is 16.5. The number of aromatic amines is 1. The number of carbonyl (C=O) groups excluding carboxylic acids is 2. The second-order valence-corrected chi connectivity index (χ2v) is 6.00. The maximum atomic E-state index is 12.1. The molecule has 0 fully saturated rings. The molecule has 0 saturated heterocycles. The highest BCUT2D eigenvalue weighted by Gasteiger charge is 2.25. The number of hydrogen-bond donors (Lipinski definition) is 1. The second kappa shape index (κ2) is 6.60. The molecular weight excluding hydrogens is 348 g/mol. The molecule has 0 spiro atoms. The molecule has 7 heteroatoms. The van der Waals surface area contributed by atoms with Gasteiger partial charge in [0.15, 0.2) is 11.9 Å². The topological polar surface area (TPSA) is 90.5 Å². The maximum absolute atomic E-state index is 12.1. The van der Waals surface area contributed by atoms with Gasteiger partial charge >= 0.3 is 11.9 Å². The number of fused-ring (bicyclic) bond motifs is 3. The Morgan fingerprint density at radius 1 is 1.26 bits per heavy atom. The molecule has 1 N–H and O–H groups in total. The first-order valence-corrected chi connectivity index (χ1v) is 8.28. The Balaban J connectivity index is 1.84. The van der Waals surface area contributed by atoms with Gasteiger partial charge in [0, 0.05) is 23.2 Å². The van der Waals surface area contributed by atoms with Crippen molar-refractivity contribution < 1.29 is 23.8 Å². The van der Waals surface area contributed by atoms with E-state index in [1.165, 1.54) is 20.3 Å². The molecule has 1 aliphatic rings. The van der Waals surface area contributed by atoms with E-state index in [-0.39, 0.29) is 5.69 Å². The highest BCUT2D eigenvalue weighted by molar-refractivity contribution is 6.09. The largest absolute Gasteiger partial charge is 0.477 e. The first-order valence-electron chi connectivity index (χ1n) is 8.28. The number of nitrogens with zero attached hydrogens (tertiary/aromatic N) is 1. The van der Waals surface area contributed by atoms with Crippen LogP contribution in [-0.2, 0) is 19.0 Å². The van der Waals surface area contributed by atoms with Crippen molar-refractivity contribution in [3.05, 3.63) is 65.9 Å². The number of carbonyl (C=O) groups is 2. The highest BCUT2D eigenvalue weighted by Crippen LogP contribution is 2.35. The Morgan fingerprint density at radius 3 is 2.85 bits per heavy atom. The van der Waals surface area contributed by atoms with E-state index in [1.54, 1.807) is 18.2 Å².